The number of methoxy groups -OCH3 is 3. The van der Waals surface area contributed by atoms with E-state index in [1.807, 2.05) is 24.3 Å². The highest BCUT2D eigenvalue weighted by Crippen LogP contribution is 2.37. The van der Waals surface area contributed by atoms with E-state index in [0.717, 1.165) is 4.47 Å². The third-order valence-corrected chi connectivity index (χ3v) is 7.27. The van der Waals surface area contributed by atoms with Crippen molar-refractivity contribution in [2.45, 2.75) is 32.9 Å². The number of ether oxygens (including phenoxy) is 4. The van der Waals surface area contributed by atoms with E-state index < -0.39 is 12.0 Å². The first-order chi connectivity index (χ1) is 17.7. The van der Waals surface area contributed by atoms with E-state index in [1.54, 1.807) is 60.3 Å². The molecular weight excluding hydrogens is 560 g/mol. The first-order valence-electron chi connectivity index (χ1n) is 11.5. The number of carbonyl (C=O) groups excluding carboxylic acids is 1. The van der Waals surface area contributed by atoms with Crippen molar-refractivity contribution < 1.29 is 23.7 Å². The molecule has 1 aromatic heterocycles. The van der Waals surface area contributed by atoms with Crippen LogP contribution in [0.5, 0.6) is 17.2 Å². The molecule has 0 amide bonds. The van der Waals surface area contributed by atoms with Gasteiger partial charge < -0.3 is 18.9 Å². The zero-order chi connectivity index (χ0) is 26.9. The van der Waals surface area contributed by atoms with Gasteiger partial charge in [0.15, 0.2) is 16.3 Å². The average Bonchev–Trinajstić information content (AvgIpc) is 3.16. The lowest BCUT2D eigenvalue weighted by atomic mass is 9.95. The molecule has 194 valence electrons. The van der Waals surface area contributed by atoms with Crippen molar-refractivity contribution in [1.82, 2.24) is 4.57 Å². The van der Waals surface area contributed by atoms with E-state index in [1.165, 1.54) is 15.9 Å². The molecule has 1 aliphatic heterocycles. The minimum atomic E-state index is -0.802. The molecule has 0 aliphatic carbocycles. The quantitative estimate of drug-likeness (QED) is 0.389. The van der Waals surface area contributed by atoms with Crippen molar-refractivity contribution in [2.75, 3.05) is 21.3 Å². The predicted molar refractivity (Wildman–Crippen MR) is 145 cm³/mol. The maximum Gasteiger partial charge on any atom is 0.338 e. The van der Waals surface area contributed by atoms with Gasteiger partial charge in [0.2, 0.25) is 0 Å². The molecule has 0 saturated heterocycles. The Hall–Kier alpha value is -3.37. The van der Waals surface area contributed by atoms with Crippen molar-refractivity contribution in [1.29, 1.82) is 0 Å². The summed E-state index contributed by atoms with van der Waals surface area (Å²) in [5, 5.41) is 0. The van der Waals surface area contributed by atoms with Crippen LogP contribution in [0.4, 0.5) is 0 Å². The Labute approximate surface area is 226 Å². The molecule has 0 unspecified atom stereocenters. The highest BCUT2D eigenvalue weighted by Gasteiger charge is 2.35. The molecule has 8 nitrogen and oxygen atoms in total. The molecule has 10 heteroatoms. The van der Waals surface area contributed by atoms with Gasteiger partial charge in [-0.3, -0.25) is 9.36 Å². The van der Waals surface area contributed by atoms with E-state index in [4.69, 9.17) is 18.9 Å². The van der Waals surface area contributed by atoms with Gasteiger partial charge in [-0.25, -0.2) is 9.79 Å². The lowest BCUT2D eigenvalue weighted by Gasteiger charge is -2.26. The molecule has 3 aromatic rings. The molecule has 2 heterocycles. The highest BCUT2D eigenvalue weighted by molar-refractivity contribution is 9.10. The van der Waals surface area contributed by atoms with Crippen LogP contribution in [0.2, 0.25) is 0 Å². The second-order valence-electron chi connectivity index (χ2n) is 8.50. The van der Waals surface area contributed by atoms with E-state index in [0.29, 0.717) is 43.4 Å². The van der Waals surface area contributed by atoms with Crippen LogP contribution in [-0.4, -0.2) is 38.0 Å². The summed E-state index contributed by atoms with van der Waals surface area (Å²) in [7, 11) is 4.65. The zero-order valence-corrected chi connectivity index (χ0v) is 23.7. The Kier molecular flexibility index (Phi) is 7.89. The minimum Gasteiger partial charge on any atom is -0.496 e. The van der Waals surface area contributed by atoms with Gasteiger partial charge in [-0.1, -0.05) is 39.4 Å². The van der Waals surface area contributed by atoms with Crippen LogP contribution < -0.4 is 29.1 Å². The maximum atomic E-state index is 13.9. The molecule has 37 heavy (non-hydrogen) atoms. The van der Waals surface area contributed by atoms with Crippen molar-refractivity contribution in [3.63, 3.8) is 0 Å². The molecule has 4 rings (SSSR count). The number of fused-ring (bicyclic) bond motifs is 1. The van der Waals surface area contributed by atoms with E-state index >= 15 is 0 Å². The number of carbonyl (C=O) groups is 1. The van der Waals surface area contributed by atoms with Crippen LogP contribution in [0.3, 0.4) is 0 Å². The number of thiazole rings is 1. The second kappa shape index (κ2) is 10.9. The first-order valence-corrected chi connectivity index (χ1v) is 13.1. The van der Waals surface area contributed by atoms with Gasteiger partial charge >= 0.3 is 5.97 Å². The summed E-state index contributed by atoms with van der Waals surface area (Å²) in [6, 6.07) is 10.1. The van der Waals surface area contributed by atoms with E-state index in [2.05, 4.69) is 20.9 Å². The van der Waals surface area contributed by atoms with Gasteiger partial charge in [0.05, 0.1) is 43.2 Å². The number of benzene rings is 2. The highest BCUT2D eigenvalue weighted by atomic mass is 79.9. The lowest BCUT2D eigenvalue weighted by molar-refractivity contribution is -0.143. The van der Waals surface area contributed by atoms with E-state index in [9.17, 15) is 9.59 Å². The normalized spacial score (nSPS) is 15.4. The Bertz CT molecular complexity index is 1570. The zero-order valence-electron chi connectivity index (χ0n) is 21.3. The number of hydrogen-bond acceptors (Lipinski definition) is 8. The van der Waals surface area contributed by atoms with Gasteiger partial charge in [0, 0.05) is 15.6 Å². The van der Waals surface area contributed by atoms with Gasteiger partial charge in [-0.05, 0) is 51.1 Å². The summed E-state index contributed by atoms with van der Waals surface area (Å²) in [4.78, 5) is 32.3. The van der Waals surface area contributed by atoms with Crippen LogP contribution in [0.15, 0.2) is 61.9 Å². The largest absolute Gasteiger partial charge is 0.496 e. The number of halogens is 1. The summed E-state index contributed by atoms with van der Waals surface area (Å²) in [5.74, 6) is 1.06. The number of nitrogens with zero attached hydrogens (tertiary/aromatic N) is 2. The minimum absolute atomic E-state index is 0.281. The van der Waals surface area contributed by atoms with Crippen LogP contribution in [0.25, 0.3) is 6.08 Å². The molecule has 1 aliphatic rings. The molecule has 2 aromatic carbocycles. The summed E-state index contributed by atoms with van der Waals surface area (Å²) >= 11 is 4.74. The fourth-order valence-corrected chi connectivity index (χ4v) is 5.66. The van der Waals surface area contributed by atoms with Crippen LogP contribution >= 0.6 is 27.3 Å². The molecule has 0 spiro atoms. The number of allylic oxidation sites excluding steroid dienone is 1. The van der Waals surface area contributed by atoms with Gasteiger partial charge in [0.25, 0.3) is 5.56 Å². The van der Waals surface area contributed by atoms with Gasteiger partial charge in [-0.2, -0.15) is 0 Å². The predicted octanol–water partition coefficient (Wildman–Crippen LogP) is 3.98. The Morgan fingerprint density at radius 2 is 1.84 bits per heavy atom. The van der Waals surface area contributed by atoms with Crippen LogP contribution in [0.1, 0.15) is 37.9 Å². The number of aromatic nitrogens is 1. The maximum absolute atomic E-state index is 13.9. The van der Waals surface area contributed by atoms with Crippen LogP contribution in [0, 0.1) is 0 Å². The molecule has 0 fully saturated rings. The van der Waals surface area contributed by atoms with Gasteiger partial charge in [0.1, 0.15) is 11.8 Å². The number of rotatable bonds is 7. The Morgan fingerprint density at radius 3 is 2.49 bits per heavy atom. The Morgan fingerprint density at radius 1 is 1.11 bits per heavy atom. The molecule has 0 bridgehead atoms. The van der Waals surface area contributed by atoms with Crippen LogP contribution in [-0.2, 0) is 9.53 Å². The second-order valence-corrected chi connectivity index (χ2v) is 10.4. The third kappa shape index (κ3) is 5.08. The summed E-state index contributed by atoms with van der Waals surface area (Å²) < 4.78 is 24.9. The van der Waals surface area contributed by atoms with Crippen molar-refractivity contribution in [3.8, 4) is 17.2 Å². The smallest absolute Gasteiger partial charge is 0.338 e. The molecule has 0 N–H and O–H groups in total. The average molecular weight is 587 g/mol. The van der Waals surface area contributed by atoms with Crippen molar-refractivity contribution >= 4 is 39.3 Å². The third-order valence-electron chi connectivity index (χ3n) is 5.79. The van der Waals surface area contributed by atoms with Crippen molar-refractivity contribution in [2.24, 2.45) is 4.99 Å². The lowest BCUT2D eigenvalue weighted by Crippen LogP contribution is -2.40. The SMILES string of the molecule is COc1ccc(Br)cc1[C@@H]1C(C(=O)OC(C)C)=C(C)N=c2s/c(=C\c3cccc(OC)c3OC)c(=O)n21. The molecule has 0 saturated carbocycles. The van der Waals surface area contributed by atoms with E-state index in [-0.39, 0.29) is 17.2 Å². The van der Waals surface area contributed by atoms with Crippen molar-refractivity contribution in [3.05, 3.63) is 83.0 Å². The number of para-hydroxylation sites is 1. The fraction of sp³-hybridized carbons (Fsp3) is 0.296. The topological polar surface area (TPSA) is 88.4 Å². The molecule has 1 atom stereocenters. The van der Waals surface area contributed by atoms with Gasteiger partial charge in [-0.15, -0.1) is 0 Å². The standard InChI is InChI=1S/C27H27BrN2O6S/c1-14(2)36-26(32)22-15(3)29-27-30(23(22)18-13-17(28)10-11-19(18)33-4)25(31)21(37-27)12-16-8-7-9-20(34-5)24(16)35-6/h7-14,23H,1-6H3/b21-12-/t23-/m1/s1. The number of hydrogen-bond donors (Lipinski definition) is 0. The summed E-state index contributed by atoms with van der Waals surface area (Å²) in [6.07, 6.45) is 1.40. The first kappa shape index (κ1) is 26.7. The molecular formula is C27H27BrN2O6S. The monoisotopic (exact) mass is 586 g/mol. The fourth-order valence-electron chi connectivity index (χ4n) is 4.24. The number of esters is 1. The molecule has 0 radical (unpaired) electrons. The summed E-state index contributed by atoms with van der Waals surface area (Å²) in [5.41, 5.74) is 1.77. The Balaban J connectivity index is 2.02. The summed E-state index contributed by atoms with van der Waals surface area (Å²) in [6.45, 7) is 5.30.